The zero-order valence-electron chi connectivity index (χ0n) is 16.0. The van der Waals surface area contributed by atoms with E-state index in [1.807, 2.05) is 52.0 Å². The van der Waals surface area contributed by atoms with Crippen LogP contribution in [0.15, 0.2) is 40.8 Å². The summed E-state index contributed by atoms with van der Waals surface area (Å²) in [6.45, 7) is 7.90. The first-order valence-corrected chi connectivity index (χ1v) is 8.89. The molecule has 0 saturated heterocycles. The predicted molar refractivity (Wildman–Crippen MR) is 104 cm³/mol. The molecule has 1 amide bonds. The highest BCUT2D eigenvalue weighted by molar-refractivity contribution is 5.93. The van der Waals surface area contributed by atoms with Gasteiger partial charge in [0.15, 0.2) is 6.61 Å². The number of hydrogen-bond acceptors (Lipinski definition) is 5. The minimum atomic E-state index is -0.196. The van der Waals surface area contributed by atoms with Crippen molar-refractivity contribution in [2.24, 2.45) is 0 Å². The van der Waals surface area contributed by atoms with Gasteiger partial charge in [0.2, 0.25) is 11.8 Å². The van der Waals surface area contributed by atoms with Gasteiger partial charge in [0, 0.05) is 17.7 Å². The number of aryl methyl sites for hydroxylation is 4. The number of carbonyl (C=O) groups excluding carboxylic acids is 1. The molecule has 6 heteroatoms. The van der Waals surface area contributed by atoms with E-state index in [0.29, 0.717) is 24.0 Å². The van der Waals surface area contributed by atoms with Crippen molar-refractivity contribution in [3.8, 4) is 17.2 Å². The van der Waals surface area contributed by atoms with Crippen LogP contribution in [0.5, 0.6) is 5.75 Å². The second-order valence-electron chi connectivity index (χ2n) is 6.49. The Hall–Kier alpha value is -3.15. The van der Waals surface area contributed by atoms with Gasteiger partial charge in [-0.1, -0.05) is 24.6 Å². The van der Waals surface area contributed by atoms with Crippen LogP contribution in [0.4, 0.5) is 5.69 Å². The second-order valence-corrected chi connectivity index (χ2v) is 6.49. The Morgan fingerprint density at radius 2 is 1.74 bits per heavy atom. The van der Waals surface area contributed by atoms with Crippen LogP contribution in [0.2, 0.25) is 0 Å². The van der Waals surface area contributed by atoms with Crippen molar-refractivity contribution in [3.05, 3.63) is 59.0 Å². The summed E-state index contributed by atoms with van der Waals surface area (Å²) in [7, 11) is 0. The topological polar surface area (TPSA) is 77.2 Å². The summed E-state index contributed by atoms with van der Waals surface area (Å²) >= 11 is 0. The number of nitrogens with one attached hydrogen (secondary N) is 1. The molecule has 140 valence electrons. The molecule has 0 radical (unpaired) electrons. The predicted octanol–water partition coefficient (Wildman–Crippen LogP) is 4.24. The molecule has 3 rings (SSSR count). The van der Waals surface area contributed by atoms with E-state index in [2.05, 4.69) is 15.5 Å². The van der Waals surface area contributed by atoms with E-state index in [9.17, 15) is 4.79 Å². The van der Waals surface area contributed by atoms with Gasteiger partial charge in [-0.05, 0) is 56.2 Å². The van der Waals surface area contributed by atoms with Crippen LogP contribution in [-0.2, 0) is 11.2 Å². The SMILES string of the molecule is CCc1nnc(-c2ccc(OCC(=O)Nc3c(C)cc(C)cc3C)cc2)o1. The fourth-order valence-corrected chi connectivity index (χ4v) is 2.91. The number of nitrogens with zero attached hydrogens (tertiary/aromatic N) is 2. The molecule has 6 nitrogen and oxygen atoms in total. The van der Waals surface area contributed by atoms with Crippen molar-refractivity contribution in [2.45, 2.75) is 34.1 Å². The van der Waals surface area contributed by atoms with Crippen LogP contribution in [0.1, 0.15) is 29.5 Å². The summed E-state index contributed by atoms with van der Waals surface area (Å²) in [5.41, 5.74) is 4.90. The van der Waals surface area contributed by atoms with Gasteiger partial charge in [0.25, 0.3) is 5.91 Å². The Morgan fingerprint density at radius 1 is 1.07 bits per heavy atom. The van der Waals surface area contributed by atoms with E-state index in [1.54, 1.807) is 12.1 Å². The first-order valence-electron chi connectivity index (χ1n) is 8.89. The van der Waals surface area contributed by atoms with Gasteiger partial charge in [-0.3, -0.25) is 4.79 Å². The molecule has 2 aromatic carbocycles. The maximum Gasteiger partial charge on any atom is 0.262 e. The molecule has 1 heterocycles. The summed E-state index contributed by atoms with van der Waals surface area (Å²) in [6.07, 6.45) is 0.698. The van der Waals surface area contributed by atoms with Gasteiger partial charge in [-0.25, -0.2) is 0 Å². The van der Waals surface area contributed by atoms with Crippen molar-refractivity contribution in [1.29, 1.82) is 0 Å². The molecular formula is C21H23N3O3. The third kappa shape index (κ3) is 4.53. The Labute approximate surface area is 158 Å². The number of carbonyl (C=O) groups is 1. The van der Waals surface area contributed by atoms with E-state index < -0.39 is 0 Å². The molecule has 1 aromatic heterocycles. The van der Waals surface area contributed by atoms with Gasteiger partial charge in [-0.2, -0.15) is 0 Å². The summed E-state index contributed by atoms with van der Waals surface area (Å²) in [4.78, 5) is 12.2. The zero-order chi connectivity index (χ0) is 19.4. The van der Waals surface area contributed by atoms with Crippen molar-refractivity contribution in [3.63, 3.8) is 0 Å². The highest BCUT2D eigenvalue weighted by atomic mass is 16.5. The first-order chi connectivity index (χ1) is 13.0. The van der Waals surface area contributed by atoms with Crippen LogP contribution in [0.25, 0.3) is 11.5 Å². The number of anilines is 1. The summed E-state index contributed by atoms with van der Waals surface area (Å²) in [5.74, 6) is 1.48. The molecule has 0 aliphatic heterocycles. The Bertz CT molecular complexity index is 923. The molecule has 3 aromatic rings. The van der Waals surface area contributed by atoms with E-state index in [4.69, 9.17) is 9.15 Å². The van der Waals surface area contributed by atoms with Crippen molar-refractivity contribution >= 4 is 11.6 Å². The normalized spacial score (nSPS) is 10.7. The van der Waals surface area contributed by atoms with Gasteiger partial charge in [0.05, 0.1) is 0 Å². The Kier molecular flexibility index (Phi) is 5.54. The number of aromatic nitrogens is 2. The molecule has 0 bridgehead atoms. The summed E-state index contributed by atoms with van der Waals surface area (Å²) in [6, 6.07) is 11.3. The van der Waals surface area contributed by atoms with Gasteiger partial charge in [0.1, 0.15) is 5.75 Å². The lowest BCUT2D eigenvalue weighted by Crippen LogP contribution is -2.21. The summed E-state index contributed by atoms with van der Waals surface area (Å²) < 4.78 is 11.1. The standard InChI is InChI=1S/C21H23N3O3/c1-5-19-23-24-21(27-19)16-6-8-17(9-7-16)26-12-18(25)22-20-14(3)10-13(2)11-15(20)4/h6-11H,5,12H2,1-4H3,(H,22,25). The fraction of sp³-hybridized carbons (Fsp3) is 0.286. The fourth-order valence-electron chi connectivity index (χ4n) is 2.91. The molecule has 0 saturated carbocycles. The van der Waals surface area contributed by atoms with E-state index in [1.165, 1.54) is 5.56 Å². The van der Waals surface area contributed by atoms with Gasteiger partial charge >= 0.3 is 0 Å². The molecule has 0 spiro atoms. The molecule has 0 unspecified atom stereocenters. The maximum absolute atomic E-state index is 12.2. The van der Waals surface area contributed by atoms with Crippen LogP contribution >= 0.6 is 0 Å². The smallest absolute Gasteiger partial charge is 0.262 e. The molecular weight excluding hydrogens is 342 g/mol. The number of ether oxygens (including phenoxy) is 1. The average Bonchev–Trinajstić information content (AvgIpc) is 3.12. The number of hydrogen-bond donors (Lipinski definition) is 1. The minimum absolute atomic E-state index is 0.0629. The zero-order valence-corrected chi connectivity index (χ0v) is 16.0. The summed E-state index contributed by atoms with van der Waals surface area (Å²) in [5, 5.41) is 10.9. The molecule has 1 N–H and O–H groups in total. The van der Waals surface area contributed by atoms with E-state index in [0.717, 1.165) is 22.4 Å². The molecule has 0 fully saturated rings. The molecule has 0 aliphatic rings. The number of benzene rings is 2. The van der Waals surface area contributed by atoms with Crippen LogP contribution < -0.4 is 10.1 Å². The Balaban J connectivity index is 1.59. The lowest BCUT2D eigenvalue weighted by molar-refractivity contribution is -0.118. The highest BCUT2D eigenvalue weighted by Crippen LogP contribution is 2.23. The Morgan fingerprint density at radius 3 is 2.33 bits per heavy atom. The van der Waals surface area contributed by atoms with Crippen LogP contribution in [0, 0.1) is 20.8 Å². The quantitative estimate of drug-likeness (QED) is 0.707. The van der Waals surface area contributed by atoms with E-state index in [-0.39, 0.29) is 12.5 Å². The monoisotopic (exact) mass is 365 g/mol. The molecule has 0 atom stereocenters. The molecule has 27 heavy (non-hydrogen) atoms. The lowest BCUT2D eigenvalue weighted by atomic mass is 10.1. The first kappa shape index (κ1) is 18.6. The average molecular weight is 365 g/mol. The van der Waals surface area contributed by atoms with Crippen molar-refractivity contribution in [1.82, 2.24) is 10.2 Å². The van der Waals surface area contributed by atoms with Crippen molar-refractivity contribution in [2.75, 3.05) is 11.9 Å². The van der Waals surface area contributed by atoms with Gasteiger partial charge in [-0.15, -0.1) is 10.2 Å². The third-order valence-electron chi connectivity index (χ3n) is 4.18. The maximum atomic E-state index is 12.2. The van der Waals surface area contributed by atoms with Gasteiger partial charge < -0.3 is 14.5 Å². The lowest BCUT2D eigenvalue weighted by Gasteiger charge is -2.13. The van der Waals surface area contributed by atoms with Crippen molar-refractivity contribution < 1.29 is 13.9 Å². The van der Waals surface area contributed by atoms with E-state index >= 15 is 0 Å². The van der Waals surface area contributed by atoms with Crippen LogP contribution in [0.3, 0.4) is 0 Å². The second kappa shape index (κ2) is 8.03. The number of amides is 1. The minimum Gasteiger partial charge on any atom is -0.484 e. The molecule has 0 aliphatic carbocycles. The third-order valence-corrected chi connectivity index (χ3v) is 4.18. The number of rotatable bonds is 6. The van der Waals surface area contributed by atoms with Crippen LogP contribution in [-0.4, -0.2) is 22.7 Å². The highest BCUT2D eigenvalue weighted by Gasteiger charge is 2.10. The largest absolute Gasteiger partial charge is 0.484 e.